The van der Waals surface area contributed by atoms with Crippen LogP contribution >= 0.6 is 15.9 Å². The first-order chi connectivity index (χ1) is 7.56. The summed E-state index contributed by atoms with van der Waals surface area (Å²) in [5.74, 6) is -0.386. The number of hydrogen-bond acceptors (Lipinski definition) is 1. The highest BCUT2D eigenvalue weighted by atomic mass is 79.9. The monoisotopic (exact) mass is 287 g/mol. The minimum Gasteiger partial charge on any atom is -0.335 e. The molecule has 1 aromatic carbocycles. The van der Waals surface area contributed by atoms with E-state index in [9.17, 15) is 9.18 Å². The zero-order valence-corrected chi connectivity index (χ0v) is 11.0. The lowest BCUT2D eigenvalue weighted by molar-refractivity contribution is 0.0719. The van der Waals surface area contributed by atoms with Crippen LogP contribution in [-0.2, 0) is 0 Å². The molecular weight excluding hydrogens is 273 g/mol. The molecule has 4 heteroatoms. The van der Waals surface area contributed by atoms with Gasteiger partial charge in [0, 0.05) is 23.5 Å². The predicted molar refractivity (Wildman–Crippen MR) is 66.4 cm³/mol. The number of rotatable bonds is 4. The van der Waals surface area contributed by atoms with E-state index in [2.05, 4.69) is 15.9 Å². The fourth-order valence-corrected chi connectivity index (χ4v) is 1.83. The molecule has 0 unspecified atom stereocenters. The van der Waals surface area contributed by atoms with E-state index in [0.29, 0.717) is 12.1 Å². The molecule has 0 N–H and O–H groups in total. The summed E-state index contributed by atoms with van der Waals surface area (Å²) in [5.41, 5.74) is 0.524. The smallest absolute Gasteiger partial charge is 0.254 e. The first-order valence-corrected chi connectivity index (χ1v) is 6.31. The number of benzene rings is 1. The largest absolute Gasteiger partial charge is 0.335 e. The standard InChI is InChI=1S/C12H15BrFNO/c1-9(2)15(8-7-13)12(16)10-3-5-11(14)6-4-10/h3-6,9H,7-8H2,1-2H3. The van der Waals surface area contributed by atoms with Crippen LogP contribution in [0.25, 0.3) is 0 Å². The minimum atomic E-state index is -0.326. The molecular formula is C12H15BrFNO. The summed E-state index contributed by atoms with van der Waals surface area (Å²) in [4.78, 5) is 13.8. The molecule has 0 aliphatic carbocycles. The van der Waals surface area contributed by atoms with Gasteiger partial charge in [-0.05, 0) is 38.1 Å². The first kappa shape index (κ1) is 13.2. The zero-order chi connectivity index (χ0) is 12.1. The van der Waals surface area contributed by atoms with Crippen LogP contribution in [0.1, 0.15) is 24.2 Å². The SMILES string of the molecule is CC(C)N(CCBr)C(=O)c1ccc(F)cc1. The first-order valence-electron chi connectivity index (χ1n) is 5.18. The van der Waals surface area contributed by atoms with Crippen LogP contribution in [0, 0.1) is 5.82 Å². The Labute approximate surface area is 104 Å². The summed E-state index contributed by atoms with van der Waals surface area (Å²) in [6.45, 7) is 4.57. The molecule has 0 spiro atoms. The van der Waals surface area contributed by atoms with Crippen molar-refractivity contribution in [2.45, 2.75) is 19.9 Å². The predicted octanol–water partition coefficient (Wildman–Crippen LogP) is 3.07. The van der Waals surface area contributed by atoms with Gasteiger partial charge in [-0.1, -0.05) is 15.9 Å². The summed E-state index contributed by atoms with van der Waals surface area (Å²) in [6.07, 6.45) is 0. The highest BCUT2D eigenvalue weighted by molar-refractivity contribution is 9.09. The molecule has 16 heavy (non-hydrogen) atoms. The quantitative estimate of drug-likeness (QED) is 0.780. The van der Waals surface area contributed by atoms with Crippen LogP contribution in [0.3, 0.4) is 0 Å². The van der Waals surface area contributed by atoms with E-state index < -0.39 is 0 Å². The number of halogens is 2. The Bertz CT molecular complexity index is 351. The number of nitrogens with zero attached hydrogens (tertiary/aromatic N) is 1. The van der Waals surface area contributed by atoms with Gasteiger partial charge in [-0.3, -0.25) is 4.79 Å². The van der Waals surface area contributed by atoms with Crippen molar-refractivity contribution < 1.29 is 9.18 Å². The van der Waals surface area contributed by atoms with E-state index in [4.69, 9.17) is 0 Å². The van der Waals surface area contributed by atoms with Crippen molar-refractivity contribution in [3.63, 3.8) is 0 Å². The normalized spacial score (nSPS) is 10.6. The van der Waals surface area contributed by atoms with Gasteiger partial charge < -0.3 is 4.90 Å². The Hall–Kier alpha value is -0.900. The third kappa shape index (κ3) is 3.30. The van der Waals surface area contributed by atoms with Gasteiger partial charge in [0.2, 0.25) is 0 Å². The number of amides is 1. The van der Waals surface area contributed by atoms with Crippen molar-refractivity contribution in [2.75, 3.05) is 11.9 Å². The van der Waals surface area contributed by atoms with Crippen molar-refractivity contribution in [3.8, 4) is 0 Å². The molecule has 0 radical (unpaired) electrons. The summed E-state index contributed by atoms with van der Waals surface area (Å²) in [7, 11) is 0. The average molecular weight is 288 g/mol. The number of carbonyl (C=O) groups is 1. The molecule has 0 aliphatic heterocycles. The third-order valence-electron chi connectivity index (χ3n) is 2.30. The molecule has 0 heterocycles. The zero-order valence-electron chi connectivity index (χ0n) is 9.41. The van der Waals surface area contributed by atoms with Crippen molar-refractivity contribution in [1.29, 1.82) is 0 Å². The fourth-order valence-electron chi connectivity index (χ4n) is 1.44. The highest BCUT2D eigenvalue weighted by Crippen LogP contribution is 2.10. The Morgan fingerprint density at radius 1 is 1.38 bits per heavy atom. The molecule has 0 aromatic heterocycles. The summed E-state index contributed by atoms with van der Waals surface area (Å²) in [5, 5.41) is 0.734. The number of alkyl halides is 1. The Morgan fingerprint density at radius 3 is 2.38 bits per heavy atom. The van der Waals surface area contributed by atoms with Gasteiger partial charge in [-0.15, -0.1) is 0 Å². The summed E-state index contributed by atoms with van der Waals surface area (Å²) >= 11 is 3.32. The van der Waals surface area contributed by atoms with Gasteiger partial charge in [0.05, 0.1) is 0 Å². The molecule has 1 amide bonds. The maximum atomic E-state index is 12.7. The van der Waals surface area contributed by atoms with Crippen LogP contribution in [0.2, 0.25) is 0 Å². The molecule has 88 valence electrons. The van der Waals surface area contributed by atoms with Gasteiger partial charge in [-0.2, -0.15) is 0 Å². The lowest BCUT2D eigenvalue weighted by Crippen LogP contribution is -2.38. The molecule has 0 aliphatic rings. The average Bonchev–Trinajstić information content (AvgIpc) is 2.25. The van der Waals surface area contributed by atoms with Crippen molar-refractivity contribution >= 4 is 21.8 Å². The maximum absolute atomic E-state index is 12.7. The summed E-state index contributed by atoms with van der Waals surface area (Å²) in [6, 6.07) is 5.78. The van der Waals surface area contributed by atoms with Crippen LogP contribution in [0.5, 0.6) is 0 Å². The number of carbonyl (C=O) groups excluding carboxylic acids is 1. The van der Waals surface area contributed by atoms with Crippen LogP contribution in [0.15, 0.2) is 24.3 Å². The lowest BCUT2D eigenvalue weighted by Gasteiger charge is -2.26. The topological polar surface area (TPSA) is 20.3 Å². The van der Waals surface area contributed by atoms with E-state index in [1.54, 1.807) is 4.90 Å². The van der Waals surface area contributed by atoms with Gasteiger partial charge in [0.1, 0.15) is 5.82 Å². The highest BCUT2D eigenvalue weighted by Gasteiger charge is 2.17. The van der Waals surface area contributed by atoms with E-state index in [1.165, 1.54) is 24.3 Å². The molecule has 1 aromatic rings. The molecule has 2 nitrogen and oxygen atoms in total. The Balaban J connectivity index is 2.86. The van der Waals surface area contributed by atoms with Crippen molar-refractivity contribution in [1.82, 2.24) is 4.90 Å². The maximum Gasteiger partial charge on any atom is 0.254 e. The molecule has 0 bridgehead atoms. The Kier molecular flexibility index (Phi) is 4.93. The molecule has 0 saturated carbocycles. The van der Waals surface area contributed by atoms with Crippen LogP contribution in [-0.4, -0.2) is 28.7 Å². The van der Waals surface area contributed by atoms with E-state index >= 15 is 0 Å². The second-order valence-electron chi connectivity index (χ2n) is 3.79. The van der Waals surface area contributed by atoms with Gasteiger partial charge in [0.25, 0.3) is 5.91 Å². The van der Waals surface area contributed by atoms with Gasteiger partial charge in [-0.25, -0.2) is 4.39 Å². The van der Waals surface area contributed by atoms with Crippen molar-refractivity contribution in [3.05, 3.63) is 35.6 Å². The van der Waals surface area contributed by atoms with Gasteiger partial charge >= 0.3 is 0 Å². The second kappa shape index (κ2) is 5.99. The Morgan fingerprint density at radius 2 is 1.94 bits per heavy atom. The third-order valence-corrected chi connectivity index (χ3v) is 2.66. The van der Waals surface area contributed by atoms with E-state index in [-0.39, 0.29) is 17.8 Å². The summed E-state index contributed by atoms with van der Waals surface area (Å²) < 4.78 is 12.7. The van der Waals surface area contributed by atoms with Crippen LogP contribution in [0.4, 0.5) is 4.39 Å². The molecule has 0 fully saturated rings. The minimum absolute atomic E-state index is 0.0607. The molecule has 0 saturated heterocycles. The van der Waals surface area contributed by atoms with E-state index in [1.807, 2.05) is 13.8 Å². The fraction of sp³-hybridized carbons (Fsp3) is 0.417. The van der Waals surface area contributed by atoms with Crippen molar-refractivity contribution in [2.24, 2.45) is 0 Å². The van der Waals surface area contributed by atoms with Gasteiger partial charge in [0.15, 0.2) is 0 Å². The molecule has 1 rings (SSSR count). The molecule has 0 atom stereocenters. The number of hydrogen-bond donors (Lipinski definition) is 0. The second-order valence-corrected chi connectivity index (χ2v) is 4.58. The van der Waals surface area contributed by atoms with Crippen LogP contribution < -0.4 is 0 Å². The van der Waals surface area contributed by atoms with E-state index in [0.717, 1.165) is 5.33 Å². The lowest BCUT2D eigenvalue weighted by atomic mass is 10.1.